The van der Waals surface area contributed by atoms with E-state index in [2.05, 4.69) is 42.6 Å². The maximum atomic E-state index is 15.5. The van der Waals surface area contributed by atoms with Gasteiger partial charge in [-0.2, -0.15) is 0 Å². The van der Waals surface area contributed by atoms with Crippen LogP contribution in [0, 0.1) is 11.2 Å². The third kappa shape index (κ3) is 3.71. The number of benzene rings is 1. The minimum atomic E-state index is -0.491. The first-order chi connectivity index (χ1) is 14.7. The number of nitrogen functional groups attached to an aromatic ring is 1. The maximum absolute atomic E-state index is 15.5. The molecule has 0 amide bonds. The first kappa shape index (κ1) is 20.8. The smallest absolute Gasteiger partial charge is 0.170 e. The van der Waals surface area contributed by atoms with Crippen molar-refractivity contribution in [3.63, 3.8) is 0 Å². The highest BCUT2D eigenvalue weighted by Gasteiger charge is 2.39. The van der Waals surface area contributed by atoms with Crippen molar-refractivity contribution < 1.29 is 9.50 Å². The molecule has 0 atom stereocenters. The molecule has 0 spiro atoms. The van der Waals surface area contributed by atoms with Crippen molar-refractivity contribution in [1.82, 2.24) is 4.98 Å². The standard InChI is InChI=1S/C24H28FN5O/c1-14-17(15(2)31)12-30-13-24(3,4)11-16-22(20(25)21(26)19(14)23(16)30)29-10-9-28-18-7-5-6-8-27-18/h5-8,12,29,31H,1-2,9-11,13,26H2,3-4H3,(H,27,28). The summed E-state index contributed by atoms with van der Waals surface area (Å²) in [4.78, 5) is 6.27. The third-order valence-corrected chi connectivity index (χ3v) is 5.71. The Morgan fingerprint density at radius 3 is 2.74 bits per heavy atom. The highest BCUT2D eigenvalue weighted by atomic mass is 19.1. The van der Waals surface area contributed by atoms with Gasteiger partial charge in [0.2, 0.25) is 0 Å². The van der Waals surface area contributed by atoms with Gasteiger partial charge in [-0.1, -0.05) is 33.1 Å². The van der Waals surface area contributed by atoms with E-state index in [0.717, 1.165) is 17.1 Å². The molecule has 0 unspecified atom stereocenters. The lowest BCUT2D eigenvalue weighted by molar-refractivity contribution is 0.358. The van der Waals surface area contributed by atoms with Gasteiger partial charge in [-0.05, 0) is 29.5 Å². The van der Waals surface area contributed by atoms with E-state index in [4.69, 9.17) is 5.73 Å². The summed E-state index contributed by atoms with van der Waals surface area (Å²) >= 11 is 0. The number of anilines is 4. The summed E-state index contributed by atoms with van der Waals surface area (Å²) < 4.78 is 15.5. The van der Waals surface area contributed by atoms with Gasteiger partial charge in [0.25, 0.3) is 0 Å². The molecule has 3 heterocycles. The van der Waals surface area contributed by atoms with Gasteiger partial charge >= 0.3 is 0 Å². The van der Waals surface area contributed by atoms with Crippen LogP contribution in [0.4, 0.5) is 27.3 Å². The van der Waals surface area contributed by atoms with E-state index in [1.54, 1.807) is 6.20 Å². The first-order valence-electron chi connectivity index (χ1n) is 10.3. The third-order valence-electron chi connectivity index (χ3n) is 5.71. The monoisotopic (exact) mass is 421 g/mol. The van der Waals surface area contributed by atoms with Gasteiger partial charge in [0.15, 0.2) is 5.82 Å². The second-order valence-electron chi connectivity index (χ2n) is 8.81. The number of pyridine rings is 1. The molecule has 2 aromatic rings. The average Bonchev–Trinajstić information content (AvgIpc) is 2.71. The molecule has 0 fully saturated rings. The summed E-state index contributed by atoms with van der Waals surface area (Å²) in [5.74, 6) is 0.167. The van der Waals surface area contributed by atoms with Crippen LogP contribution in [0.5, 0.6) is 0 Å². The number of rotatable bonds is 6. The Morgan fingerprint density at radius 1 is 1.32 bits per heavy atom. The molecule has 1 aromatic heterocycles. The molecule has 2 aliphatic heterocycles. The zero-order valence-electron chi connectivity index (χ0n) is 17.9. The fourth-order valence-electron chi connectivity index (χ4n) is 4.40. The quantitative estimate of drug-likeness (QED) is 0.307. The molecule has 1 aromatic carbocycles. The van der Waals surface area contributed by atoms with Gasteiger partial charge in [0.05, 0.1) is 17.1 Å². The van der Waals surface area contributed by atoms with Crippen molar-refractivity contribution in [1.29, 1.82) is 0 Å². The van der Waals surface area contributed by atoms with Gasteiger partial charge < -0.3 is 26.4 Å². The Labute approximate surface area is 182 Å². The van der Waals surface area contributed by atoms with Gasteiger partial charge in [-0.25, -0.2) is 9.37 Å². The molecular weight excluding hydrogens is 393 g/mol. The fraction of sp³-hybridized carbons (Fsp3) is 0.292. The van der Waals surface area contributed by atoms with Gasteiger partial charge in [-0.3, -0.25) is 0 Å². The summed E-state index contributed by atoms with van der Waals surface area (Å²) in [7, 11) is 0. The largest absolute Gasteiger partial charge is 0.508 e. The Kier molecular flexibility index (Phi) is 5.13. The van der Waals surface area contributed by atoms with E-state index in [1.165, 1.54) is 0 Å². The Bertz CT molecular complexity index is 1090. The van der Waals surface area contributed by atoms with Crippen LogP contribution in [0.2, 0.25) is 0 Å². The van der Waals surface area contributed by atoms with Crippen molar-refractivity contribution in [2.24, 2.45) is 5.41 Å². The fourth-order valence-corrected chi connectivity index (χ4v) is 4.40. The number of halogens is 1. The summed E-state index contributed by atoms with van der Waals surface area (Å²) in [5, 5.41) is 16.5. The predicted molar refractivity (Wildman–Crippen MR) is 126 cm³/mol. The molecule has 0 radical (unpaired) electrons. The molecular formula is C24H28FN5O. The maximum Gasteiger partial charge on any atom is 0.170 e. The molecule has 2 aliphatic rings. The lowest BCUT2D eigenvalue weighted by Gasteiger charge is -2.44. The van der Waals surface area contributed by atoms with Crippen molar-refractivity contribution >= 4 is 28.5 Å². The van der Waals surface area contributed by atoms with Crippen LogP contribution in [-0.4, -0.2) is 29.7 Å². The Balaban J connectivity index is 1.70. The van der Waals surface area contributed by atoms with Crippen molar-refractivity contribution in [3.8, 4) is 0 Å². The molecule has 7 heteroatoms. The number of nitrogens with one attached hydrogen (secondary N) is 2. The molecule has 0 saturated heterocycles. The number of nitrogens with zero attached hydrogens (tertiary/aromatic N) is 2. The van der Waals surface area contributed by atoms with Gasteiger partial charge in [-0.15, -0.1) is 0 Å². The number of aliphatic hydroxyl groups is 1. The number of hydrogen-bond donors (Lipinski definition) is 4. The number of aliphatic hydroxyl groups excluding tert-OH is 1. The van der Waals surface area contributed by atoms with Crippen LogP contribution < -0.4 is 21.3 Å². The van der Waals surface area contributed by atoms with E-state index < -0.39 is 5.82 Å². The molecule has 162 valence electrons. The van der Waals surface area contributed by atoms with E-state index in [9.17, 15) is 5.11 Å². The first-order valence-corrected chi connectivity index (χ1v) is 10.3. The normalized spacial score (nSPS) is 16.4. The summed E-state index contributed by atoms with van der Waals surface area (Å²) in [5.41, 5.74) is 9.83. The van der Waals surface area contributed by atoms with Crippen molar-refractivity contribution in [2.75, 3.05) is 40.9 Å². The topological polar surface area (TPSA) is 86.4 Å². The SMILES string of the molecule is C=C(O)C1=CN2CC(C)(C)Cc3c(NCCNc4ccccn4)c(F)c(N)c(c32)C1=C. The predicted octanol–water partition coefficient (Wildman–Crippen LogP) is 4.70. The lowest BCUT2D eigenvalue weighted by Crippen LogP contribution is -2.40. The minimum Gasteiger partial charge on any atom is -0.508 e. The summed E-state index contributed by atoms with van der Waals surface area (Å²) in [6, 6.07) is 5.64. The molecule has 4 rings (SSSR count). The Hall–Kier alpha value is -3.48. The van der Waals surface area contributed by atoms with Gasteiger partial charge in [0, 0.05) is 48.7 Å². The van der Waals surface area contributed by atoms with E-state index in [1.807, 2.05) is 29.3 Å². The Morgan fingerprint density at radius 2 is 2.06 bits per heavy atom. The zero-order chi connectivity index (χ0) is 22.3. The second-order valence-corrected chi connectivity index (χ2v) is 8.81. The molecule has 0 bridgehead atoms. The summed E-state index contributed by atoms with van der Waals surface area (Å²) in [6.07, 6.45) is 4.24. The van der Waals surface area contributed by atoms with E-state index in [0.29, 0.717) is 48.5 Å². The zero-order valence-corrected chi connectivity index (χ0v) is 17.9. The highest BCUT2D eigenvalue weighted by molar-refractivity contribution is 6.00. The van der Waals surface area contributed by atoms with Crippen LogP contribution >= 0.6 is 0 Å². The second kappa shape index (κ2) is 7.65. The molecule has 0 saturated carbocycles. The van der Waals surface area contributed by atoms with E-state index in [-0.39, 0.29) is 16.9 Å². The molecule has 31 heavy (non-hydrogen) atoms. The minimum absolute atomic E-state index is 0.0282. The van der Waals surface area contributed by atoms with Crippen molar-refractivity contribution in [2.45, 2.75) is 20.3 Å². The van der Waals surface area contributed by atoms with Crippen molar-refractivity contribution in [3.05, 3.63) is 72.0 Å². The molecule has 5 N–H and O–H groups in total. The highest BCUT2D eigenvalue weighted by Crippen LogP contribution is 2.52. The summed E-state index contributed by atoms with van der Waals surface area (Å²) in [6.45, 7) is 13.8. The number of nitrogens with two attached hydrogens (primary N) is 1. The number of allylic oxidation sites excluding steroid dienone is 1. The van der Waals surface area contributed by atoms with Crippen LogP contribution in [0.1, 0.15) is 25.0 Å². The number of hydrogen-bond acceptors (Lipinski definition) is 6. The average molecular weight is 422 g/mol. The van der Waals surface area contributed by atoms with E-state index >= 15 is 4.39 Å². The number of aromatic nitrogens is 1. The lowest BCUT2D eigenvalue weighted by atomic mass is 9.76. The molecule has 6 nitrogen and oxygen atoms in total. The van der Waals surface area contributed by atoms with Gasteiger partial charge in [0.1, 0.15) is 11.6 Å². The molecule has 0 aliphatic carbocycles. The van der Waals surface area contributed by atoms with Crippen LogP contribution in [0.3, 0.4) is 0 Å². The van der Waals surface area contributed by atoms with Crippen LogP contribution in [-0.2, 0) is 6.42 Å². The van der Waals surface area contributed by atoms with Crippen LogP contribution in [0.25, 0.3) is 5.57 Å². The van der Waals surface area contributed by atoms with Crippen LogP contribution in [0.15, 0.2) is 55.1 Å².